The molecule has 2 rings (SSSR count). The highest BCUT2D eigenvalue weighted by Gasteiger charge is 2.26. The smallest absolute Gasteiger partial charge is 0.251 e. The molecule has 0 fully saturated rings. The fraction of sp³-hybridized carbons (Fsp3) is 0.350. The summed E-state index contributed by atoms with van der Waals surface area (Å²) >= 11 is 0. The zero-order chi connectivity index (χ0) is 19.1. The molecule has 1 aromatic carbocycles. The van der Waals surface area contributed by atoms with E-state index >= 15 is 0 Å². The van der Waals surface area contributed by atoms with Crippen molar-refractivity contribution in [2.24, 2.45) is 5.92 Å². The van der Waals surface area contributed by atoms with Crippen LogP contribution in [0.2, 0.25) is 0 Å². The molecule has 0 aliphatic rings. The number of hydrogen-bond donors (Lipinski definition) is 2. The predicted octanol–water partition coefficient (Wildman–Crippen LogP) is 2.93. The van der Waals surface area contributed by atoms with Crippen LogP contribution in [0.5, 0.6) is 0 Å². The van der Waals surface area contributed by atoms with Crippen LogP contribution in [0, 0.1) is 5.92 Å². The third kappa shape index (κ3) is 5.05. The molecule has 2 unspecified atom stereocenters. The lowest BCUT2D eigenvalue weighted by atomic mass is 9.97. The molecule has 1 heterocycles. The van der Waals surface area contributed by atoms with Crippen LogP contribution >= 0.6 is 0 Å². The van der Waals surface area contributed by atoms with Gasteiger partial charge in [-0.05, 0) is 30.2 Å². The van der Waals surface area contributed by atoms with Crippen molar-refractivity contribution < 1.29 is 9.59 Å². The Kier molecular flexibility index (Phi) is 6.72. The molecule has 6 nitrogen and oxygen atoms in total. The summed E-state index contributed by atoms with van der Waals surface area (Å²) in [6, 6.07) is 11.9. The Labute approximate surface area is 154 Å². The molecule has 0 spiro atoms. The predicted molar refractivity (Wildman–Crippen MR) is 104 cm³/mol. The summed E-state index contributed by atoms with van der Waals surface area (Å²) in [6.07, 6.45) is 2.38. The average molecular weight is 354 g/mol. The van der Waals surface area contributed by atoms with Crippen LogP contribution < -0.4 is 15.5 Å². The van der Waals surface area contributed by atoms with Crippen LogP contribution in [0.4, 0.5) is 11.5 Å². The summed E-state index contributed by atoms with van der Waals surface area (Å²) in [4.78, 5) is 31.3. The summed E-state index contributed by atoms with van der Waals surface area (Å²) in [5.74, 6) is 0.297. The largest absolute Gasteiger partial charge is 0.363 e. The molecule has 0 saturated carbocycles. The molecule has 0 aliphatic heterocycles. The summed E-state index contributed by atoms with van der Waals surface area (Å²) in [7, 11) is 3.80. The van der Waals surface area contributed by atoms with Gasteiger partial charge in [0.2, 0.25) is 5.91 Å². The minimum Gasteiger partial charge on any atom is -0.363 e. The van der Waals surface area contributed by atoms with E-state index in [1.807, 2.05) is 45.0 Å². The van der Waals surface area contributed by atoms with Gasteiger partial charge in [0.1, 0.15) is 11.9 Å². The van der Waals surface area contributed by atoms with Gasteiger partial charge in [-0.2, -0.15) is 0 Å². The monoisotopic (exact) mass is 354 g/mol. The first kappa shape index (κ1) is 19.4. The van der Waals surface area contributed by atoms with Crippen molar-refractivity contribution in [2.45, 2.75) is 26.3 Å². The number of aromatic nitrogens is 1. The highest BCUT2D eigenvalue weighted by molar-refractivity contribution is 6.01. The van der Waals surface area contributed by atoms with E-state index in [0.29, 0.717) is 11.3 Å². The molecule has 6 heteroatoms. The fourth-order valence-corrected chi connectivity index (χ4v) is 2.46. The Morgan fingerprint density at radius 2 is 1.81 bits per heavy atom. The quantitative estimate of drug-likeness (QED) is 0.802. The molecule has 0 radical (unpaired) electrons. The zero-order valence-corrected chi connectivity index (χ0v) is 15.7. The van der Waals surface area contributed by atoms with E-state index in [9.17, 15) is 9.59 Å². The number of rotatable bonds is 7. The van der Waals surface area contributed by atoms with Crippen LogP contribution in [0.1, 0.15) is 30.6 Å². The number of carbonyl (C=O) groups excluding carboxylic acids is 2. The van der Waals surface area contributed by atoms with Gasteiger partial charge in [-0.15, -0.1) is 0 Å². The summed E-state index contributed by atoms with van der Waals surface area (Å²) in [5.41, 5.74) is 1.13. The summed E-state index contributed by atoms with van der Waals surface area (Å²) < 4.78 is 0. The molecule has 2 N–H and O–H groups in total. The number of hydrogen-bond acceptors (Lipinski definition) is 4. The van der Waals surface area contributed by atoms with E-state index in [0.717, 1.165) is 12.2 Å². The first-order valence-electron chi connectivity index (χ1n) is 8.72. The van der Waals surface area contributed by atoms with Gasteiger partial charge in [0.05, 0.1) is 11.9 Å². The first-order chi connectivity index (χ1) is 12.4. The molecule has 138 valence electrons. The van der Waals surface area contributed by atoms with E-state index in [-0.39, 0.29) is 17.7 Å². The van der Waals surface area contributed by atoms with Crippen molar-refractivity contribution >= 4 is 23.3 Å². The highest BCUT2D eigenvalue weighted by atomic mass is 16.2. The van der Waals surface area contributed by atoms with Gasteiger partial charge in [-0.1, -0.05) is 38.5 Å². The Hall–Kier alpha value is -2.89. The minimum atomic E-state index is -0.624. The van der Waals surface area contributed by atoms with Crippen LogP contribution in [-0.2, 0) is 4.79 Å². The second kappa shape index (κ2) is 8.99. The lowest BCUT2D eigenvalue weighted by Gasteiger charge is -2.23. The van der Waals surface area contributed by atoms with Crippen LogP contribution in [0.15, 0.2) is 48.7 Å². The zero-order valence-electron chi connectivity index (χ0n) is 15.7. The van der Waals surface area contributed by atoms with Crippen molar-refractivity contribution in [2.75, 3.05) is 24.3 Å². The van der Waals surface area contributed by atoms with Crippen LogP contribution in [-0.4, -0.2) is 36.9 Å². The molecular weight excluding hydrogens is 328 g/mol. The van der Waals surface area contributed by atoms with Crippen molar-refractivity contribution in [1.82, 2.24) is 10.3 Å². The lowest BCUT2D eigenvalue weighted by Crippen LogP contribution is -2.47. The van der Waals surface area contributed by atoms with E-state index in [2.05, 4.69) is 15.6 Å². The standard InChI is InChI=1S/C20H26N4O2/c1-5-14(2)18(23-19(25)15-9-7-6-8-10-15)20(26)22-16-11-12-17(21-13-16)24(3)4/h6-14,18H,5H2,1-4H3,(H,22,26)(H,23,25). The maximum Gasteiger partial charge on any atom is 0.251 e. The van der Waals surface area contributed by atoms with Crippen LogP contribution in [0.3, 0.4) is 0 Å². The lowest BCUT2D eigenvalue weighted by molar-refractivity contribution is -0.119. The van der Waals surface area contributed by atoms with Crippen LogP contribution in [0.25, 0.3) is 0 Å². The number of nitrogens with one attached hydrogen (secondary N) is 2. The van der Waals surface area contributed by atoms with Gasteiger partial charge in [0.25, 0.3) is 5.91 Å². The summed E-state index contributed by atoms with van der Waals surface area (Å²) in [5, 5.41) is 5.70. The van der Waals surface area contributed by atoms with Gasteiger partial charge in [-0.25, -0.2) is 4.98 Å². The fourth-order valence-electron chi connectivity index (χ4n) is 2.46. The van der Waals surface area contributed by atoms with Crippen molar-refractivity contribution in [3.8, 4) is 0 Å². The SMILES string of the molecule is CCC(C)C(NC(=O)c1ccccc1)C(=O)Nc1ccc(N(C)C)nc1. The molecule has 0 bridgehead atoms. The number of carbonyl (C=O) groups is 2. The molecule has 2 atom stereocenters. The summed E-state index contributed by atoms with van der Waals surface area (Å²) in [6.45, 7) is 3.94. The van der Waals surface area contributed by atoms with E-state index in [1.54, 1.807) is 36.5 Å². The molecule has 1 aromatic heterocycles. The highest BCUT2D eigenvalue weighted by Crippen LogP contribution is 2.15. The van der Waals surface area contributed by atoms with E-state index < -0.39 is 6.04 Å². The Bertz CT molecular complexity index is 729. The molecule has 0 saturated heterocycles. The van der Waals surface area contributed by atoms with Gasteiger partial charge < -0.3 is 15.5 Å². The van der Waals surface area contributed by atoms with Crippen molar-refractivity contribution in [1.29, 1.82) is 0 Å². The number of anilines is 2. The van der Waals surface area contributed by atoms with Gasteiger partial charge >= 0.3 is 0 Å². The topological polar surface area (TPSA) is 74.3 Å². The maximum atomic E-state index is 12.7. The Balaban J connectivity index is 2.10. The third-order valence-electron chi connectivity index (χ3n) is 4.29. The van der Waals surface area contributed by atoms with Crippen molar-refractivity contribution in [3.63, 3.8) is 0 Å². The molecule has 2 amide bonds. The molecule has 0 aliphatic carbocycles. The number of benzene rings is 1. The second-order valence-corrected chi connectivity index (χ2v) is 6.49. The molecule has 26 heavy (non-hydrogen) atoms. The van der Waals surface area contributed by atoms with Crippen molar-refractivity contribution in [3.05, 3.63) is 54.2 Å². The normalized spacial score (nSPS) is 12.8. The van der Waals surface area contributed by atoms with E-state index in [1.165, 1.54) is 0 Å². The molecule has 2 aromatic rings. The average Bonchev–Trinajstić information content (AvgIpc) is 2.66. The van der Waals surface area contributed by atoms with Gasteiger partial charge in [-0.3, -0.25) is 9.59 Å². The van der Waals surface area contributed by atoms with Gasteiger partial charge in [0.15, 0.2) is 0 Å². The third-order valence-corrected chi connectivity index (χ3v) is 4.29. The number of amides is 2. The van der Waals surface area contributed by atoms with E-state index in [4.69, 9.17) is 0 Å². The van der Waals surface area contributed by atoms with Gasteiger partial charge in [0, 0.05) is 19.7 Å². The first-order valence-corrected chi connectivity index (χ1v) is 8.72. The minimum absolute atomic E-state index is 0.00308. The number of pyridine rings is 1. The Morgan fingerprint density at radius 3 is 2.35 bits per heavy atom. The number of nitrogens with zero attached hydrogens (tertiary/aromatic N) is 2. The molecular formula is C20H26N4O2. The Morgan fingerprint density at radius 1 is 1.12 bits per heavy atom. The maximum absolute atomic E-state index is 12.7. The second-order valence-electron chi connectivity index (χ2n) is 6.49.